The fraction of sp³-hybridized carbons (Fsp3) is 0.579. The zero-order valence-electron chi connectivity index (χ0n) is 15.2. The molecule has 2 aromatic heterocycles. The van der Waals surface area contributed by atoms with E-state index in [1.807, 2.05) is 18.3 Å². The molecular weight excluding hydrogens is 328 g/mol. The van der Waals surface area contributed by atoms with E-state index in [2.05, 4.69) is 25.1 Å². The van der Waals surface area contributed by atoms with Crippen LogP contribution in [0.2, 0.25) is 0 Å². The van der Waals surface area contributed by atoms with Crippen LogP contribution in [0.25, 0.3) is 0 Å². The number of aryl methyl sites for hydroxylation is 2. The highest BCUT2D eigenvalue weighted by molar-refractivity contribution is 5.20. The molecule has 0 amide bonds. The molecule has 2 aliphatic rings. The van der Waals surface area contributed by atoms with Gasteiger partial charge in [0.15, 0.2) is 0 Å². The number of hydrogen-bond donors (Lipinski definition) is 0. The van der Waals surface area contributed by atoms with Crippen molar-refractivity contribution in [2.24, 2.45) is 0 Å². The van der Waals surface area contributed by atoms with E-state index < -0.39 is 0 Å². The molecule has 4 rings (SSSR count). The van der Waals surface area contributed by atoms with E-state index in [-0.39, 0.29) is 5.56 Å². The minimum atomic E-state index is 0.0504. The first kappa shape index (κ1) is 17.3. The molecule has 1 aliphatic carbocycles. The fourth-order valence-corrected chi connectivity index (χ4v) is 3.84. The van der Waals surface area contributed by atoms with E-state index in [9.17, 15) is 4.79 Å². The predicted octanol–water partition coefficient (Wildman–Crippen LogP) is 0.730. The molecule has 1 saturated heterocycles. The van der Waals surface area contributed by atoms with E-state index in [1.54, 1.807) is 10.9 Å². The highest BCUT2D eigenvalue weighted by Gasteiger charge is 2.18. The molecule has 0 bridgehead atoms. The predicted molar refractivity (Wildman–Crippen MR) is 98.9 cm³/mol. The van der Waals surface area contributed by atoms with Gasteiger partial charge in [0.2, 0.25) is 0 Å². The van der Waals surface area contributed by atoms with E-state index in [1.165, 1.54) is 18.4 Å². The molecule has 0 atom stereocenters. The Hall–Kier alpha value is -2.12. The van der Waals surface area contributed by atoms with Crippen LogP contribution in [0.5, 0.6) is 0 Å². The lowest BCUT2D eigenvalue weighted by atomic mass is 9.97. The number of fused-ring (bicyclic) bond motifs is 1. The van der Waals surface area contributed by atoms with Crippen molar-refractivity contribution < 1.29 is 0 Å². The minimum Gasteiger partial charge on any atom is -0.299 e. The number of nitrogens with zero attached hydrogens (tertiary/aromatic N) is 6. The van der Waals surface area contributed by atoms with Crippen molar-refractivity contribution in [2.75, 3.05) is 32.7 Å². The Bertz CT molecular complexity index is 782. The summed E-state index contributed by atoms with van der Waals surface area (Å²) in [5.41, 5.74) is 3.55. The topological polar surface area (TPSA) is 67.2 Å². The van der Waals surface area contributed by atoms with Gasteiger partial charge in [0.1, 0.15) is 0 Å². The van der Waals surface area contributed by atoms with Crippen molar-refractivity contribution in [2.45, 2.75) is 38.8 Å². The second-order valence-corrected chi connectivity index (χ2v) is 7.25. The van der Waals surface area contributed by atoms with Crippen molar-refractivity contribution in [1.29, 1.82) is 0 Å². The summed E-state index contributed by atoms with van der Waals surface area (Å²) in [5, 5.41) is 12.4. The third-order valence-corrected chi connectivity index (χ3v) is 5.42. The first-order valence-electron chi connectivity index (χ1n) is 9.58. The molecular formula is C19H26N6O. The van der Waals surface area contributed by atoms with Crippen LogP contribution in [0.4, 0.5) is 0 Å². The molecule has 1 fully saturated rings. The fourth-order valence-electron chi connectivity index (χ4n) is 3.84. The lowest BCUT2D eigenvalue weighted by Crippen LogP contribution is -2.47. The van der Waals surface area contributed by atoms with Gasteiger partial charge < -0.3 is 0 Å². The van der Waals surface area contributed by atoms with Gasteiger partial charge in [-0.05, 0) is 42.9 Å². The highest BCUT2D eigenvalue weighted by Crippen LogP contribution is 2.16. The zero-order valence-corrected chi connectivity index (χ0v) is 15.2. The second kappa shape index (κ2) is 8.05. The van der Waals surface area contributed by atoms with Crippen molar-refractivity contribution in [3.63, 3.8) is 0 Å². The number of hydrogen-bond acceptors (Lipinski definition) is 6. The molecule has 0 aromatic carbocycles. The maximum atomic E-state index is 12.3. The van der Waals surface area contributed by atoms with Crippen LogP contribution < -0.4 is 5.56 Å². The maximum Gasteiger partial charge on any atom is 0.267 e. The summed E-state index contributed by atoms with van der Waals surface area (Å²) < 4.78 is 1.67. The number of rotatable bonds is 5. The summed E-state index contributed by atoms with van der Waals surface area (Å²) in [4.78, 5) is 17.1. The normalized spacial score (nSPS) is 18.6. The summed E-state index contributed by atoms with van der Waals surface area (Å²) in [6, 6.07) is 3.83. The standard InChI is InChI=1S/C19H26N6O/c26-19-13-17-3-1-2-4-18(17)22-25(19)12-11-23-7-9-24(10-8-23)15-16-5-6-20-21-14-16/h5-6,13-14H,1-4,7-12,15H2. The summed E-state index contributed by atoms with van der Waals surface area (Å²) >= 11 is 0. The minimum absolute atomic E-state index is 0.0504. The molecule has 138 valence electrons. The summed E-state index contributed by atoms with van der Waals surface area (Å²) in [6.45, 7) is 6.62. The molecule has 26 heavy (non-hydrogen) atoms. The van der Waals surface area contributed by atoms with E-state index >= 15 is 0 Å². The largest absolute Gasteiger partial charge is 0.299 e. The highest BCUT2D eigenvalue weighted by atomic mass is 16.1. The Kier molecular flexibility index (Phi) is 5.36. The van der Waals surface area contributed by atoms with Crippen LogP contribution in [-0.4, -0.2) is 62.5 Å². The lowest BCUT2D eigenvalue weighted by molar-refractivity contribution is 0.122. The van der Waals surface area contributed by atoms with Crippen LogP contribution in [0.15, 0.2) is 29.3 Å². The molecule has 7 nitrogen and oxygen atoms in total. The smallest absolute Gasteiger partial charge is 0.267 e. The first-order chi connectivity index (χ1) is 12.8. The second-order valence-electron chi connectivity index (χ2n) is 7.25. The average molecular weight is 354 g/mol. The van der Waals surface area contributed by atoms with Gasteiger partial charge in [-0.1, -0.05) is 0 Å². The lowest BCUT2D eigenvalue weighted by Gasteiger charge is -2.34. The van der Waals surface area contributed by atoms with Crippen molar-refractivity contribution in [1.82, 2.24) is 29.8 Å². The summed E-state index contributed by atoms with van der Waals surface area (Å²) in [5.74, 6) is 0. The van der Waals surface area contributed by atoms with Crippen LogP contribution in [0.3, 0.4) is 0 Å². The van der Waals surface area contributed by atoms with Gasteiger partial charge in [0.05, 0.1) is 18.4 Å². The van der Waals surface area contributed by atoms with Gasteiger partial charge >= 0.3 is 0 Å². The molecule has 2 aromatic rings. The molecule has 0 N–H and O–H groups in total. The molecule has 7 heteroatoms. The number of aromatic nitrogens is 4. The zero-order chi connectivity index (χ0) is 17.8. The summed E-state index contributed by atoms with van der Waals surface area (Å²) in [7, 11) is 0. The molecule has 3 heterocycles. The van der Waals surface area contributed by atoms with Crippen LogP contribution in [0.1, 0.15) is 29.7 Å². The Morgan fingerprint density at radius 1 is 0.962 bits per heavy atom. The third-order valence-electron chi connectivity index (χ3n) is 5.42. The van der Waals surface area contributed by atoms with Crippen molar-refractivity contribution >= 4 is 0 Å². The van der Waals surface area contributed by atoms with Crippen LogP contribution in [0, 0.1) is 0 Å². The third kappa shape index (κ3) is 4.16. The van der Waals surface area contributed by atoms with Gasteiger partial charge in [0, 0.05) is 51.5 Å². The molecule has 1 aliphatic heterocycles. The molecule has 0 saturated carbocycles. The molecule has 0 radical (unpaired) electrons. The van der Waals surface area contributed by atoms with Crippen LogP contribution >= 0.6 is 0 Å². The molecule has 0 spiro atoms. The Balaban J connectivity index is 1.28. The van der Waals surface area contributed by atoms with Gasteiger partial charge in [-0.3, -0.25) is 14.6 Å². The van der Waals surface area contributed by atoms with Crippen molar-refractivity contribution in [3.8, 4) is 0 Å². The quantitative estimate of drug-likeness (QED) is 0.789. The SMILES string of the molecule is O=c1cc2c(nn1CCN1CCN(Cc3ccnnc3)CC1)CCCC2. The molecule has 0 unspecified atom stereocenters. The maximum absolute atomic E-state index is 12.3. The van der Waals surface area contributed by atoms with E-state index in [0.717, 1.165) is 63.4 Å². The Labute approximate surface area is 153 Å². The van der Waals surface area contributed by atoms with Gasteiger partial charge in [-0.15, -0.1) is 0 Å². The van der Waals surface area contributed by atoms with Crippen LogP contribution in [-0.2, 0) is 25.9 Å². The van der Waals surface area contributed by atoms with E-state index in [4.69, 9.17) is 0 Å². The average Bonchev–Trinajstić information content (AvgIpc) is 2.68. The summed E-state index contributed by atoms with van der Waals surface area (Å²) in [6.07, 6.45) is 7.96. The van der Waals surface area contributed by atoms with Gasteiger partial charge in [-0.25, -0.2) is 4.68 Å². The van der Waals surface area contributed by atoms with Gasteiger partial charge in [0.25, 0.3) is 5.56 Å². The number of piperazine rings is 1. The van der Waals surface area contributed by atoms with Crippen molar-refractivity contribution in [3.05, 3.63) is 51.7 Å². The monoisotopic (exact) mass is 354 g/mol. The van der Waals surface area contributed by atoms with Gasteiger partial charge in [-0.2, -0.15) is 15.3 Å². The Morgan fingerprint density at radius 2 is 1.77 bits per heavy atom. The first-order valence-corrected chi connectivity index (χ1v) is 9.58. The van der Waals surface area contributed by atoms with E-state index in [0.29, 0.717) is 6.54 Å². The Morgan fingerprint density at radius 3 is 2.58 bits per heavy atom.